The first-order chi connectivity index (χ1) is 6.22. The van der Waals surface area contributed by atoms with Gasteiger partial charge in [0.15, 0.2) is 5.65 Å². The van der Waals surface area contributed by atoms with Crippen molar-refractivity contribution >= 4 is 27.0 Å². The van der Waals surface area contributed by atoms with Crippen LogP contribution in [0.5, 0.6) is 5.88 Å². The van der Waals surface area contributed by atoms with Gasteiger partial charge in [-0.05, 0) is 22.0 Å². The molecule has 0 radical (unpaired) electrons. The van der Waals surface area contributed by atoms with Crippen molar-refractivity contribution in [2.75, 3.05) is 7.11 Å². The molecule has 2 aromatic rings. The summed E-state index contributed by atoms with van der Waals surface area (Å²) in [5.74, 6) is 0.603. The Hall–Kier alpha value is -1.10. The molecule has 68 valence electrons. The molecule has 0 N–H and O–H groups in total. The molecule has 13 heavy (non-hydrogen) atoms. The van der Waals surface area contributed by atoms with Crippen LogP contribution in [-0.2, 0) is 7.05 Å². The average molecular weight is 242 g/mol. The molecule has 0 aliphatic carbocycles. The quantitative estimate of drug-likeness (QED) is 0.764. The number of aromatic nitrogens is 3. The van der Waals surface area contributed by atoms with Gasteiger partial charge in [0.25, 0.3) is 0 Å². The summed E-state index contributed by atoms with van der Waals surface area (Å²) in [7, 11) is 3.44. The van der Waals surface area contributed by atoms with Crippen LogP contribution in [0.4, 0.5) is 0 Å². The topological polar surface area (TPSA) is 39.9 Å². The van der Waals surface area contributed by atoms with Gasteiger partial charge in [0.1, 0.15) is 0 Å². The zero-order valence-electron chi connectivity index (χ0n) is 7.28. The number of ether oxygens (including phenoxy) is 1. The van der Waals surface area contributed by atoms with E-state index in [0.29, 0.717) is 5.88 Å². The molecule has 0 aliphatic heterocycles. The number of hydrogen-bond donors (Lipinski definition) is 0. The molecule has 2 aromatic heterocycles. The number of nitrogens with zero attached hydrogens (tertiary/aromatic N) is 3. The van der Waals surface area contributed by atoms with Gasteiger partial charge in [-0.3, -0.25) is 0 Å². The van der Waals surface area contributed by atoms with E-state index in [2.05, 4.69) is 26.0 Å². The molecule has 0 spiro atoms. The van der Waals surface area contributed by atoms with E-state index in [-0.39, 0.29) is 0 Å². The molecule has 0 amide bonds. The third-order valence-electron chi connectivity index (χ3n) is 1.80. The highest BCUT2D eigenvalue weighted by atomic mass is 79.9. The number of halogens is 1. The molecule has 0 unspecified atom stereocenters. The van der Waals surface area contributed by atoms with Gasteiger partial charge in [0.05, 0.1) is 12.5 Å². The molecule has 2 heterocycles. The minimum atomic E-state index is 0.603. The standard InChI is InChI=1S/C8H8BrN3O/c1-12-7-6(8(11-12)13-2)3-5(9)4-10-7/h3-4H,1-2H3. The summed E-state index contributed by atoms with van der Waals surface area (Å²) >= 11 is 3.35. The molecular formula is C8H8BrN3O. The van der Waals surface area contributed by atoms with Crippen molar-refractivity contribution in [3.05, 3.63) is 16.7 Å². The van der Waals surface area contributed by atoms with Gasteiger partial charge in [-0.15, -0.1) is 5.10 Å². The van der Waals surface area contributed by atoms with Crippen LogP contribution in [0.15, 0.2) is 16.7 Å². The summed E-state index contributed by atoms with van der Waals surface area (Å²) in [5.41, 5.74) is 0.819. The van der Waals surface area contributed by atoms with E-state index in [4.69, 9.17) is 4.74 Å². The first kappa shape index (κ1) is 8.50. The lowest BCUT2D eigenvalue weighted by Crippen LogP contribution is -1.91. The zero-order chi connectivity index (χ0) is 9.42. The summed E-state index contributed by atoms with van der Waals surface area (Å²) < 4.78 is 7.73. The van der Waals surface area contributed by atoms with Crippen LogP contribution in [0.2, 0.25) is 0 Å². The van der Waals surface area contributed by atoms with E-state index in [1.807, 2.05) is 13.1 Å². The zero-order valence-corrected chi connectivity index (χ0v) is 8.87. The second kappa shape index (κ2) is 2.99. The van der Waals surface area contributed by atoms with Gasteiger partial charge < -0.3 is 4.74 Å². The smallest absolute Gasteiger partial charge is 0.242 e. The molecule has 0 saturated carbocycles. The van der Waals surface area contributed by atoms with Crippen molar-refractivity contribution in [1.82, 2.24) is 14.8 Å². The maximum absolute atomic E-state index is 5.11. The molecular weight excluding hydrogens is 234 g/mol. The fourth-order valence-electron chi connectivity index (χ4n) is 1.24. The summed E-state index contributed by atoms with van der Waals surface area (Å²) in [5, 5.41) is 5.08. The van der Waals surface area contributed by atoms with Crippen molar-refractivity contribution in [3.63, 3.8) is 0 Å². The minimum absolute atomic E-state index is 0.603. The average Bonchev–Trinajstić information content (AvgIpc) is 2.42. The molecule has 0 bridgehead atoms. The Kier molecular flexibility index (Phi) is 1.95. The Morgan fingerprint density at radius 3 is 3.00 bits per heavy atom. The van der Waals surface area contributed by atoms with Crippen LogP contribution in [0.25, 0.3) is 11.0 Å². The van der Waals surface area contributed by atoms with E-state index in [9.17, 15) is 0 Å². The first-order valence-electron chi connectivity index (χ1n) is 3.74. The maximum atomic E-state index is 5.11. The van der Waals surface area contributed by atoms with Gasteiger partial charge in [-0.25, -0.2) is 9.67 Å². The SMILES string of the molecule is COc1nn(C)c2ncc(Br)cc12. The highest BCUT2D eigenvalue weighted by Crippen LogP contribution is 2.24. The second-order valence-electron chi connectivity index (χ2n) is 2.66. The molecule has 0 atom stereocenters. The number of fused-ring (bicyclic) bond motifs is 1. The van der Waals surface area contributed by atoms with Crippen molar-refractivity contribution in [3.8, 4) is 5.88 Å². The third-order valence-corrected chi connectivity index (χ3v) is 2.24. The fraction of sp³-hybridized carbons (Fsp3) is 0.250. The highest BCUT2D eigenvalue weighted by molar-refractivity contribution is 9.10. The summed E-state index contributed by atoms with van der Waals surface area (Å²) in [6, 6.07) is 1.94. The molecule has 4 nitrogen and oxygen atoms in total. The number of rotatable bonds is 1. The van der Waals surface area contributed by atoms with Gasteiger partial charge in [0, 0.05) is 17.7 Å². The van der Waals surface area contributed by atoms with E-state index in [1.165, 1.54) is 0 Å². The Morgan fingerprint density at radius 2 is 2.31 bits per heavy atom. The predicted molar refractivity (Wildman–Crippen MR) is 52.8 cm³/mol. The van der Waals surface area contributed by atoms with Crippen LogP contribution in [0.3, 0.4) is 0 Å². The van der Waals surface area contributed by atoms with E-state index < -0.39 is 0 Å². The normalized spacial score (nSPS) is 10.7. The van der Waals surface area contributed by atoms with Crippen LogP contribution >= 0.6 is 15.9 Å². The monoisotopic (exact) mass is 241 g/mol. The van der Waals surface area contributed by atoms with Crippen molar-refractivity contribution in [1.29, 1.82) is 0 Å². The molecule has 0 aliphatic rings. The van der Waals surface area contributed by atoms with Crippen molar-refractivity contribution in [2.45, 2.75) is 0 Å². The lowest BCUT2D eigenvalue weighted by atomic mass is 10.3. The number of pyridine rings is 1. The Balaban J connectivity index is 2.81. The largest absolute Gasteiger partial charge is 0.479 e. The number of hydrogen-bond acceptors (Lipinski definition) is 3. The highest BCUT2D eigenvalue weighted by Gasteiger charge is 2.09. The van der Waals surface area contributed by atoms with Gasteiger partial charge in [-0.1, -0.05) is 0 Å². The van der Waals surface area contributed by atoms with Crippen LogP contribution in [0.1, 0.15) is 0 Å². The van der Waals surface area contributed by atoms with E-state index in [1.54, 1.807) is 18.0 Å². The van der Waals surface area contributed by atoms with E-state index in [0.717, 1.165) is 15.5 Å². The van der Waals surface area contributed by atoms with Crippen LogP contribution in [0, 0.1) is 0 Å². The third kappa shape index (κ3) is 1.29. The number of aryl methyl sites for hydroxylation is 1. The van der Waals surface area contributed by atoms with Gasteiger partial charge in [0.2, 0.25) is 5.88 Å². The molecule has 0 fully saturated rings. The Labute approximate surface area is 83.7 Å². The second-order valence-corrected chi connectivity index (χ2v) is 3.57. The Morgan fingerprint density at radius 1 is 1.54 bits per heavy atom. The lowest BCUT2D eigenvalue weighted by Gasteiger charge is -1.93. The molecule has 2 rings (SSSR count). The first-order valence-corrected chi connectivity index (χ1v) is 4.54. The number of methoxy groups -OCH3 is 1. The van der Waals surface area contributed by atoms with Gasteiger partial charge >= 0.3 is 0 Å². The van der Waals surface area contributed by atoms with Crippen LogP contribution < -0.4 is 4.74 Å². The minimum Gasteiger partial charge on any atom is -0.479 e. The van der Waals surface area contributed by atoms with Gasteiger partial charge in [-0.2, -0.15) is 0 Å². The van der Waals surface area contributed by atoms with E-state index >= 15 is 0 Å². The summed E-state index contributed by atoms with van der Waals surface area (Å²) in [6.07, 6.45) is 1.74. The maximum Gasteiger partial charge on any atom is 0.242 e. The summed E-state index contributed by atoms with van der Waals surface area (Å²) in [4.78, 5) is 4.22. The Bertz CT molecular complexity index is 452. The van der Waals surface area contributed by atoms with Crippen molar-refractivity contribution < 1.29 is 4.74 Å². The van der Waals surface area contributed by atoms with Crippen LogP contribution in [-0.4, -0.2) is 21.9 Å². The molecule has 0 saturated heterocycles. The predicted octanol–water partition coefficient (Wildman–Crippen LogP) is 1.74. The summed E-state index contributed by atoms with van der Waals surface area (Å²) in [6.45, 7) is 0. The lowest BCUT2D eigenvalue weighted by molar-refractivity contribution is 0.396. The van der Waals surface area contributed by atoms with Crippen molar-refractivity contribution in [2.24, 2.45) is 7.05 Å². The fourth-order valence-corrected chi connectivity index (χ4v) is 1.57. The molecule has 5 heteroatoms. The molecule has 0 aromatic carbocycles.